The highest BCUT2D eigenvalue weighted by molar-refractivity contribution is 6.32. The Bertz CT molecular complexity index is 526. The van der Waals surface area contributed by atoms with Gasteiger partial charge in [0.15, 0.2) is 0 Å². The van der Waals surface area contributed by atoms with Crippen molar-refractivity contribution < 1.29 is 0 Å². The van der Waals surface area contributed by atoms with Gasteiger partial charge in [-0.2, -0.15) is 0 Å². The van der Waals surface area contributed by atoms with Crippen LogP contribution in [-0.4, -0.2) is 15.1 Å². The second-order valence-electron chi connectivity index (χ2n) is 5.31. The zero-order valence-corrected chi connectivity index (χ0v) is 11.7. The normalized spacial score (nSPS) is 11.8. The molecule has 0 amide bonds. The number of rotatable bonds is 3. The van der Waals surface area contributed by atoms with Crippen LogP contribution in [0.5, 0.6) is 0 Å². The van der Waals surface area contributed by atoms with Gasteiger partial charge in [-0.25, -0.2) is 4.98 Å². The van der Waals surface area contributed by atoms with E-state index in [9.17, 15) is 0 Å². The second kappa shape index (κ2) is 5.12. The summed E-state index contributed by atoms with van der Waals surface area (Å²) in [7, 11) is 0. The molecule has 0 aliphatic heterocycles. The first-order valence-corrected chi connectivity index (χ1v) is 6.36. The van der Waals surface area contributed by atoms with E-state index in [4.69, 9.17) is 11.6 Å². The number of halogens is 1. The summed E-state index contributed by atoms with van der Waals surface area (Å²) in [5, 5.41) is 4.18. The summed E-state index contributed by atoms with van der Waals surface area (Å²) in [6, 6.07) is 7.78. The first kappa shape index (κ1) is 13.1. The van der Waals surface area contributed by atoms with E-state index in [0.717, 1.165) is 22.9 Å². The molecule has 2 rings (SSSR count). The lowest BCUT2D eigenvalue weighted by Gasteiger charge is -2.21. The van der Waals surface area contributed by atoms with E-state index in [1.165, 1.54) is 0 Å². The Kier molecular flexibility index (Phi) is 3.73. The molecule has 0 atom stereocenters. The van der Waals surface area contributed by atoms with Crippen LogP contribution >= 0.6 is 11.6 Å². The smallest absolute Gasteiger partial charge is 0.0995 e. The minimum Gasteiger partial charge on any atom is -0.306 e. The third-order valence-corrected chi connectivity index (χ3v) is 2.95. The first-order chi connectivity index (χ1) is 8.47. The predicted molar refractivity (Wildman–Crippen MR) is 75.2 cm³/mol. The minimum atomic E-state index is 0.0790. The quantitative estimate of drug-likeness (QED) is 0.920. The van der Waals surface area contributed by atoms with Gasteiger partial charge in [-0.3, -0.25) is 0 Å². The van der Waals surface area contributed by atoms with Gasteiger partial charge in [0.1, 0.15) is 0 Å². The van der Waals surface area contributed by atoms with Crippen LogP contribution < -0.4 is 5.32 Å². The molecule has 4 heteroatoms. The zero-order valence-electron chi connectivity index (χ0n) is 10.9. The highest BCUT2D eigenvalue weighted by atomic mass is 35.5. The van der Waals surface area contributed by atoms with Gasteiger partial charge in [0.2, 0.25) is 0 Å². The molecule has 0 unspecified atom stereocenters. The van der Waals surface area contributed by atoms with E-state index in [0.29, 0.717) is 0 Å². The number of hydrogen-bond acceptors (Lipinski definition) is 2. The molecule has 1 aromatic carbocycles. The third-order valence-electron chi connectivity index (χ3n) is 2.63. The summed E-state index contributed by atoms with van der Waals surface area (Å²) in [4.78, 5) is 4.20. The molecule has 2 aromatic rings. The Hall–Kier alpha value is -1.32. The fraction of sp³-hybridized carbons (Fsp3) is 0.357. The first-order valence-electron chi connectivity index (χ1n) is 5.98. The number of para-hydroxylation sites is 1. The number of hydrogen-bond donors (Lipinski definition) is 1. The molecule has 0 fully saturated rings. The fourth-order valence-electron chi connectivity index (χ4n) is 1.67. The van der Waals surface area contributed by atoms with E-state index in [2.05, 4.69) is 31.1 Å². The lowest BCUT2D eigenvalue weighted by molar-refractivity contribution is 0.419. The van der Waals surface area contributed by atoms with Gasteiger partial charge in [0.25, 0.3) is 0 Å². The van der Waals surface area contributed by atoms with Crippen molar-refractivity contribution in [3.05, 3.63) is 47.5 Å². The van der Waals surface area contributed by atoms with Gasteiger partial charge in [-0.15, -0.1) is 0 Å². The van der Waals surface area contributed by atoms with Crippen molar-refractivity contribution in [1.29, 1.82) is 0 Å². The Labute approximate surface area is 113 Å². The Balaban J connectivity index is 2.26. The second-order valence-corrected chi connectivity index (χ2v) is 5.72. The van der Waals surface area contributed by atoms with Crippen LogP contribution in [0.3, 0.4) is 0 Å². The van der Waals surface area contributed by atoms with Crippen molar-refractivity contribution in [3.63, 3.8) is 0 Å². The molecule has 0 radical (unpaired) electrons. The molecule has 1 N–H and O–H groups in total. The molecule has 0 spiro atoms. The Morgan fingerprint density at radius 1 is 1.28 bits per heavy atom. The SMILES string of the molecule is CC(C)(C)NCc1cncn1-c1ccccc1Cl. The lowest BCUT2D eigenvalue weighted by atomic mass is 10.1. The molecule has 0 saturated carbocycles. The zero-order chi connectivity index (χ0) is 13.2. The van der Waals surface area contributed by atoms with Crippen LogP contribution in [0.25, 0.3) is 5.69 Å². The monoisotopic (exact) mass is 263 g/mol. The molecular weight excluding hydrogens is 246 g/mol. The van der Waals surface area contributed by atoms with Crippen molar-refractivity contribution in [2.45, 2.75) is 32.9 Å². The molecule has 1 heterocycles. The maximum atomic E-state index is 6.21. The van der Waals surface area contributed by atoms with Gasteiger partial charge in [0, 0.05) is 18.3 Å². The fourth-order valence-corrected chi connectivity index (χ4v) is 1.90. The van der Waals surface area contributed by atoms with Gasteiger partial charge in [-0.05, 0) is 32.9 Å². The maximum absolute atomic E-state index is 6.21. The van der Waals surface area contributed by atoms with Crippen molar-refractivity contribution in [3.8, 4) is 5.69 Å². The molecule has 96 valence electrons. The van der Waals surface area contributed by atoms with Crippen LogP contribution in [0.1, 0.15) is 26.5 Å². The van der Waals surface area contributed by atoms with Crippen molar-refractivity contribution in [1.82, 2.24) is 14.9 Å². The number of nitrogens with one attached hydrogen (secondary N) is 1. The van der Waals surface area contributed by atoms with Crippen LogP contribution in [0.2, 0.25) is 5.02 Å². The summed E-state index contributed by atoms with van der Waals surface area (Å²) in [5.41, 5.74) is 2.13. The van der Waals surface area contributed by atoms with E-state index in [1.807, 2.05) is 35.0 Å². The topological polar surface area (TPSA) is 29.9 Å². The third kappa shape index (κ3) is 3.12. The summed E-state index contributed by atoms with van der Waals surface area (Å²) in [6.07, 6.45) is 3.66. The highest BCUT2D eigenvalue weighted by Crippen LogP contribution is 2.21. The number of imidazole rings is 1. The molecule has 18 heavy (non-hydrogen) atoms. The van der Waals surface area contributed by atoms with E-state index in [1.54, 1.807) is 6.33 Å². The van der Waals surface area contributed by atoms with Crippen LogP contribution in [0.15, 0.2) is 36.8 Å². The standard InChI is InChI=1S/C14H18ClN3/c1-14(2,3)17-9-11-8-16-10-18(11)13-7-5-4-6-12(13)15/h4-8,10,17H,9H2,1-3H3. The summed E-state index contributed by atoms with van der Waals surface area (Å²) >= 11 is 6.21. The molecule has 0 bridgehead atoms. The largest absolute Gasteiger partial charge is 0.306 e. The van der Waals surface area contributed by atoms with Gasteiger partial charge < -0.3 is 9.88 Å². The van der Waals surface area contributed by atoms with Crippen molar-refractivity contribution >= 4 is 11.6 Å². The molecule has 3 nitrogen and oxygen atoms in total. The summed E-state index contributed by atoms with van der Waals surface area (Å²) in [6.45, 7) is 7.18. The molecular formula is C14H18ClN3. The predicted octanol–water partition coefficient (Wildman–Crippen LogP) is 3.41. The molecule has 0 saturated heterocycles. The maximum Gasteiger partial charge on any atom is 0.0995 e. The molecule has 1 aromatic heterocycles. The number of benzene rings is 1. The summed E-state index contributed by atoms with van der Waals surface area (Å²) < 4.78 is 2.01. The van der Waals surface area contributed by atoms with E-state index < -0.39 is 0 Å². The Morgan fingerprint density at radius 2 is 2.00 bits per heavy atom. The molecule has 0 aliphatic rings. The van der Waals surface area contributed by atoms with E-state index in [-0.39, 0.29) is 5.54 Å². The minimum absolute atomic E-state index is 0.0790. The van der Waals surface area contributed by atoms with Gasteiger partial charge >= 0.3 is 0 Å². The van der Waals surface area contributed by atoms with Crippen molar-refractivity contribution in [2.75, 3.05) is 0 Å². The lowest BCUT2D eigenvalue weighted by Crippen LogP contribution is -2.35. The van der Waals surface area contributed by atoms with Crippen molar-refractivity contribution in [2.24, 2.45) is 0 Å². The number of aromatic nitrogens is 2. The average molecular weight is 264 g/mol. The van der Waals surface area contributed by atoms with E-state index >= 15 is 0 Å². The van der Waals surface area contributed by atoms with Gasteiger partial charge in [0.05, 0.1) is 22.7 Å². The van der Waals surface area contributed by atoms with Crippen LogP contribution in [0.4, 0.5) is 0 Å². The van der Waals surface area contributed by atoms with Gasteiger partial charge in [-0.1, -0.05) is 23.7 Å². The van der Waals surface area contributed by atoms with Crippen LogP contribution in [0, 0.1) is 0 Å². The molecule has 0 aliphatic carbocycles. The Morgan fingerprint density at radius 3 is 2.67 bits per heavy atom. The van der Waals surface area contributed by atoms with Crippen LogP contribution in [-0.2, 0) is 6.54 Å². The number of nitrogens with zero attached hydrogens (tertiary/aromatic N) is 2. The average Bonchev–Trinajstić information content (AvgIpc) is 2.74. The summed E-state index contributed by atoms with van der Waals surface area (Å²) in [5.74, 6) is 0. The highest BCUT2D eigenvalue weighted by Gasteiger charge is 2.12.